The summed E-state index contributed by atoms with van der Waals surface area (Å²) in [6.45, 7) is 7.19. The first-order chi connectivity index (χ1) is 14.0. The van der Waals surface area contributed by atoms with Crippen molar-refractivity contribution in [2.75, 3.05) is 38.8 Å². The Bertz CT molecular complexity index is 670. The Morgan fingerprint density at radius 3 is 2.79 bits per heavy atom. The molecular formula is C22H35N3O3S. The Hall–Kier alpha value is -1.73. The Balaban J connectivity index is 1.95. The summed E-state index contributed by atoms with van der Waals surface area (Å²) in [7, 11) is 1.53. The van der Waals surface area contributed by atoms with E-state index in [1.54, 1.807) is 30.0 Å². The topological polar surface area (TPSA) is 70.7 Å². The average molecular weight is 422 g/mol. The van der Waals surface area contributed by atoms with E-state index < -0.39 is 6.04 Å². The van der Waals surface area contributed by atoms with Crippen molar-refractivity contribution >= 4 is 23.6 Å². The summed E-state index contributed by atoms with van der Waals surface area (Å²) in [5.41, 5.74) is 0.438. The Labute approximate surface area is 179 Å². The van der Waals surface area contributed by atoms with Gasteiger partial charge in [0.1, 0.15) is 11.8 Å². The van der Waals surface area contributed by atoms with Crippen LogP contribution in [0.5, 0.6) is 5.75 Å². The van der Waals surface area contributed by atoms with E-state index in [2.05, 4.69) is 29.4 Å². The normalized spacial score (nSPS) is 19.2. The number of methoxy groups -OCH3 is 1. The van der Waals surface area contributed by atoms with Gasteiger partial charge in [0.25, 0.3) is 5.91 Å². The second-order valence-electron chi connectivity index (χ2n) is 7.84. The number of rotatable bonds is 10. The Morgan fingerprint density at radius 1 is 1.34 bits per heavy atom. The number of nitrogens with one attached hydrogen (secondary N) is 2. The van der Waals surface area contributed by atoms with E-state index in [1.807, 2.05) is 12.3 Å². The fourth-order valence-electron chi connectivity index (χ4n) is 3.70. The number of piperidine rings is 1. The molecule has 2 amide bonds. The maximum Gasteiger partial charge on any atom is 0.255 e. The number of benzene rings is 1. The highest BCUT2D eigenvalue weighted by Gasteiger charge is 2.25. The number of likely N-dealkylation sites (tertiary alicyclic amines) is 1. The summed E-state index contributed by atoms with van der Waals surface area (Å²) in [6.07, 6.45) is 5.08. The molecule has 2 rings (SSSR count). The van der Waals surface area contributed by atoms with Crippen molar-refractivity contribution in [2.24, 2.45) is 5.92 Å². The van der Waals surface area contributed by atoms with E-state index >= 15 is 0 Å². The van der Waals surface area contributed by atoms with E-state index in [-0.39, 0.29) is 17.9 Å². The molecule has 162 valence electrons. The molecule has 3 atom stereocenters. The first-order valence-corrected chi connectivity index (χ1v) is 11.8. The van der Waals surface area contributed by atoms with Crippen LogP contribution in [-0.2, 0) is 4.79 Å². The predicted molar refractivity (Wildman–Crippen MR) is 120 cm³/mol. The molecule has 7 heteroatoms. The molecule has 6 nitrogen and oxygen atoms in total. The summed E-state index contributed by atoms with van der Waals surface area (Å²) in [4.78, 5) is 28.0. The van der Waals surface area contributed by atoms with Crippen LogP contribution in [0.15, 0.2) is 24.3 Å². The van der Waals surface area contributed by atoms with Crippen LogP contribution in [0, 0.1) is 5.92 Å². The molecule has 1 saturated heterocycles. The molecule has 1 aliphatic rings. The zero-order chi connectivity index (χ0) is 21.2. The van der Waals surface area contributed by atoms with Gasteiger partial charge >= 0.3 is 0 Å². The summed E-state index contributed by atoms with van der Waals surface area (Å²) < 4.78 is 5.27. The number of thioether (sulfide) groups is 1. The zero-order valence-corrected chi connectivity index (χ0v) is 18.9. The molecular weight excluding hydrogens is 386 g/mol. The molecule has 0 bridgehead atoms. The second kappa shape index (κ2) is 12.1. The summed E-state index contributed by atoms with van der Waals surface area (Å²) in [5, 5.41) is 5.95. The molecule has 1 heterocycles. The van der Waals surface area contributed by atoms with E-state index in [0.29, 0.717) is 30.2 Å². The van der Waals surface area contributed by atoms with Gasteiger partial charge in [-0.05, 0) is 62.8 Å². The third kappa shape index (κ3) is 7.23. The fourth-order valence-corrected chi connectivity index (χ4v) is 4.17. The number of ether oxygens (including phenoxy) is 1. The lowest BCUT2D eigenvalue weighted by Crippen LogP contribution is -2.51. The maximum atomic E-state index is 12.8. The number of amides is 2. The molecule has 0 saturated carbocycles. The van der Waals surface area contributed by atoms with Crippen molar-refractivity contribution in [1.82, 2.24) is 15.5 Å². The molecule has 0 aromatic heterocycles. The summed E-state index contributed by atoms with van der Waals surface area (Å²) >= 11 is 1.66. The molecule has 1 aromatic carbocycles. The van der Waals surface area contributed by atoms with Crippen molar-refractivity contribution in [3.05, 3.63) is 29.8 Å². The SMILES string of the molecule is COc1ccccc1C(=O)NC(CCSC)C(=O)NCC(C)N1CCCC(C)C1. The van der Waals surface area contributed by atoms with Crippen LogP contribution in [0.4, 0.5) is 0 Å². The minimum absolute atomic E-state index is 0.126. The van der Waals surface area contributed by atoms with Gasteiger partial charge in [-0.15, -0.1) is 0 Å². The highest BCUT2D eigenvalue weighted by Crippen LogP contribution is 2.18. The lowest BCUT2D eigenvalue weighted by atomic mass is 9.99. The molecule has 0 spiro atoms. The Kier molecular flexibility index (Phi) is 9.81. The van der Waals surface area contributed by atoms with Gasteiger partial charge in [-0.1, -0.05) is 19.1 Å². The lowest BCUT2D eigenvalue weighted by molar-refractivity contribution is -0.123. The molecule has 1 aromatic rings. The number of para-hydroxylation sites is 1. The minimum atomic E-state index is -0.563. The number of hydrogen-bond acceptors (Lipinski definition) is 5. The molecule has 1 fully saturated rings. The van der Waals surface area contributed by atoms with Crippen LogP contribution >= 0.6 is 11.8 Å². The van der Waals surface area contributed by atoms with E-state index in [4.69, 9.17) is 4.74 Å². The standard InChI is InChI=1S/C22H35N3O3S/c1-16-8-7-12-25(15-16)17(2)14-23-22(27)19(11-13-29-4)24-21(26)18-9-5-6-10-20(18)28-3/h5-6,9-10,16-17,19H,7-8,11-15H2,1-4H3,(H,23,27)(H,24,26). The zero-order valence-electron chi connectivity index (χ0n) is 18.1. The first-order valence-electron chi connectivity index (χ1n) is 10.4. The third-order valence-corrected chi connectivity index (χ3v) is 6.11. The van der Waals surface area contributed by atoms with E-state index in [1.165, 1.54) is 20.0 Å². The van der Waals surface area contributed by atoms with Crippen LogP contribution in [0.3, 0.4) is 0 Å². The van der Waals surface area contributed by atoms with Crippen molar-refractivity contribution in [3.8, 4) is 5.75 Å². The summed E-state index contributed by atoms with van der Waals surface area (Å²) in [5.74, 6) is 1.59. The van der Waals surface area contributed by atoms with Gasteiger partial charge in [0.15, 0.2) is 0 Å². The van der Waals surface area contributed by atoms with Crippen LogP contribution in [0.1, 0.15) is 43.5 Å². The quantitative estimate of drug-likeness (QED) is 0.608. The third-order valence-electron chi connectivity index (χ3n) is 5.47. The van der Waals surface area contributed by atoms with Crippen molar-refractivity contribution in [1.29, 1.82) is 0 Å². The van der Waals surface area contributed by atoms with Gasteiger partial charge in [0, 0.05) is 19.1 Å². The maximum absolute atomic E-state index is 12.8. The highest BCUT2D eigenvalue weighted by atomic mass is 32.2. The van der Waals surface area contributed by atoms with Gasteiger partial charge in [-0.2, -0.15) is 11.8 Å². The van der Waals surface area contributed by atoms with Crippen LogP contribution in [-0.4, -0.2) is 67.6 Å². The smallest absolute Gasteiger partial charge is 0.255 e. The molecule has 0 aliphatic carbocycles. The number of nitrogens with zero attached hydrogens (tertiary/aromatic N) is 1. The average Bonchev–Trinajstić information content (AvgIpc) is 2.74. The first kappa shape index (κ1) is 23.5. The van der Waals surface area contributed by atoms with Gasteiger partial charge in [-0.25, -0.2) is 0 Å². The number of carbonyl (C=O) groups is 2. The second-order valence-corrected chi connectivity index (χ2v) is 8.83. The van der Waals surface area contributed by atoms with Crippen LogP contribution < -0.4 is 15.4 Å². The highest BCUT2D eigenvalue weighted by molar-refractivity contribution is 7.98. The number of hydrogen-bond donors (Lipinski definition) is 2. The molecule has 1 aliphatic heterocycles. The largest absolute Gasteiger partial charge is 0.496 e. The molecule has 29 heavy (non-hydrogen) atoms. The van der Waals surface area contributed by atoms with Gasteiger partial charge in [0.2, 0.25) is 5.91 Å². The Morgan fingerprint density at radius 2 is 2.10 bits per heavy atom. The monoisotopic (exact) mass is 421 g/mol. The van der Waals surface area contributed by atoms with E-state index in [9.17, 15) is 9.59 Å². The number of carbonyl (C=O) groups excluding carboxylic acids is 2. The lowest BCUT2D eigenvalue weighted by Gasteiger charge is -2.35. The van der Waals surface area contributed by atoms with Crippen molar-refractivity contribution < 1.29 is 14.3 Å². The molecule has 2 N–H and O–H groups in total. The molecule has 0 radical (unpaired) electrons. The van der Waals surface area contributed by atoms with Gasteiger partial charge in [0.05, 0.1) is 12.7 Å². The van der Waals surface area contributed by atoms with Gasteiger partial charge in [-0.3, -0.25) is 14.5 Å². The summed E-state index contributed by atoms with van der Waals surface area (Å²) in [6, 6.07) is 6.77. The fraction of sp³-hybridized carbons (Fsp3) is 0.636. The van der Waals surface area contributed by atoms with Crippen molar-refractivity contribution in [2.45, 2.75) is 45.2 Å². The predicted octanol–water partition coefficient (Wildman–Crippen LogP) is 2.78. The van der Waals surface area contributed by atoms with Crippen molar-refractivity contribution in [3.63, 3.8) is 0 Å². The van der Waals surface area contributed by atoms with Gasteiger partial charge < -0.3 is 15.4 Å². The minimum Gasteiger partial charge on any atom is -0.496 e. The van der Waals surface area contributed by atoms with Crippen LogP contribution in [0.2, 0.25) is 0 Å². The van der Waals surface area contributed by atoms with Crippen LogP contribution in [0.25, 0.3) is 0 Å². The van der Waals surface area contributed by atoms with E-state index in [0.717, 1.165) is 18.8 Å². The molecule has 3 unspecified atom stereocenters.